The van der Waals surface area contributed by atoms with E-state index in [2.05, 4.69) is 20.2 Å². The Morgan fingerprint density at radius 2 is 2.17 bits per heavy atom. The Hall–Kier alpha value is -0.920. The van der Waals surface area contributed by atoms with Gasteiger partial charge in [-0.15, -0.1) is 0 Å². The summed E-state index contributed by atoms with van der Waals surface area (Å²) in [6, 6.07) is -0.0225. The van der Waals surface area contributed by atoms with Crippen LogP contribution in [0.5, 0.6) is 0 Å². The summed E-state index contributed by atoms with van der Waals surface area (Å²) in [7, 11) is -1.74. The van der Waals surface area contributed by atoms with Crippen LogP contribution in [-0.2, 0) is 16.6 Å². The third kappa shape index (κ3) is 3.79. The van der Waals surface area contributed by atoms with Crippen molar-refractivity contribution in [1.29, 1.82) is 0 Å². The number of rotatable bonds is 8. The summed E-state index contributed by atoms with van der Waals surface area (Å²) >= 11 is 0. The molecule has 1 aromatic heterocycles. The van der Waals surface area contributed by atoms with E-state index in [1.165, 1.54) is 6.20 Å². The largest absolute Gasteiger partial charge is 0.316 e. The van der Waals surface area contributed by atoms with Crippen molar-refractivity contribution < 1.29 is 8.42 Å². The lowest BCUT2D eigenvalue weighted by molar-refractivity contribution is 0.509. The van der Waals surface area contributed by atoms with Gasteiger partial charge in [0.1, 0.15) is 0 Å². The minimum absolute atomic E-state index is 0.0225. The highest BCUT2D eigenvalue weighted by Gasteiger charge is 2.23. The smallest absolute Gasteiger partial charge is 0.258 e. The van der Waals surface area contributed by atoms with Crippen molar-refractivity contribution in [3.63, 3.8) is 0 Å². The zero-order valence-electron chi connectivity index (χ0n) is 11.2. The van der Waals surface area contributed by atoms with Gasteiger partial charge >= 0.3 is 0 Å². The zero-order chi connectivity index (χ0) is 13.6. The van der Waals surface area contributed by atoms with Gasteiger partial charge in [0, 0.05) is 18.2 Å². The van der Waals surface area contributed by atoms with Gasteiger partial charge in [0.05, 0.1) is 6.20 Å². The minimum atomic E-state index is -3.51. The van der Waals surface area contributed by atoms with Crippen LogP contribution in [0.1, 0.15) is 38.7 Å². The Morgan fingerprint density at radius 3 is 2.72 bits per heavy atom. The minimum Gasteiger partial charge on any atom is -0.316 e. The second-order valence-electron chi connectivity index (χ2n) is 4.27. The molecular formula is C11H22N4O2S. The molecule has 0 aliphatic carbocycles. The number of aromatic amines is 1. The van der Waals surface area contributed by atoms with Crippen molar-refractivity contribution >= 4 is 10.0 Å². The Labute approximate surface area is 109 Å². The Bertz CT molecular complexity index is 455. The standard InChI is InChI=1S/C11H22N4O2S/c1-4-6-10(5-2)15-18(16,17)11-9(7-12-3)8-13-14-11/h8,10,12,15H,4-7H2,1-3H3,(H,13,14). The van der Waals surface area contributed by atoms with Gasteiger partial charge in [-0.3, -0.25) is 5.10 Å². The molecule has 104 valence electrons. The number of aromatic nitrogens is 2. The molecule has 7 heteroatoms. The molecule has 0 aliphatic heterocycles. The lowest BCUT2D eigenvalue weighted by Crippen LogP contribution is -2.35. The molecule has 0 bridgehead atoms. The van der Waals surface area contributed by atoms with Crippen LogP contribution in [0.3, 0.4) is 0 Å². The van der Waals surface area contributed by atoms with Crippen LogP contribution >= 0.6 is 0 Å². The van der Waals surface area contributed by atoms with Gasteiger partial charge < -0.3 is 5.32 Å². The molecule has 0 radical (unpaired) electrons. The van der Waals surface area contributed by atoms with E-state index in [4.69, 9.17) is 0 Å². The SMILES string of the molecule is CCCC(CC)NS(=O)(=O)c1[nH]ncc1CNC. The maximum atomic E-state index is 12.2. The fraction of sp³-hybridized carbons (Fsp3) is 0.727. The Kier molecular flexibility index (Phi) is 5.77. The molecule has 1 rings (SSSR count). The third-order valence-electron chi connectivity index (χ3n) is 2.77. The van der Waals surface area contributed by atoms with Crippen molar-refractivity contribution in [2.45, 2.75) is 50.7 Å². The molecule has 0 aromatic carbocycles. The lowest BCUT2D eigenvalue weighted by atomic mass is 10.1. The maximum Gasteiger partial charge on any atom is 0.258 e. The fourth-order valence-corrected chi connectivity index (χ4v) is 3.31. The summed E-state index contributed by atoms with van der Waals surface area (Å²) in [6.07, 6.45) is 4.10. The summed E-state index contributed by atoms with van der Waals surface area (Å²) < 4.78 is 27.2. The van der Waals surface area contributed by atoms with E-state index in [0.29, 0.717) is 12.1 Å². The lowest BCUT2D eigenvalue weighted by Gasteiger charge is -2.16. The van der Waals surface area contributed by atoms with Crippen LogP contribution in [0.25, 0.3) is 0 Å². The number of sulfonamides is 1. The van der Waals surface area contributed by atoms with Crippen LogP contribution in [0.15, 0.2) is 11.2 Å². The molecule has 0 amide bonds. The first kappa shape index (κ1) is 15.1. The van der Waals surface area contributed by atoms with Gasteiger partial charge in [-0.05, 0) is 19.9 Å². The number of hydrogen-bond acceptors (Lipinski definition) is 4. The topological polar surface area (TPSA) is 86.9 Å². The number of hydrogen-bond donors (Lipinski definition) is 3. The fourth-order valence-electron chi connectivity index (χ4n) is 1.82. The molecule has 1 heterocycles. The molecule has 0 fully saturated rings. The third-order valence-corrected chi connectivity index (χ3v) is 4.30. The second-order valence-corrected chi connectivity index (χ2v) is 5.92. The predicted molar refractivity (Wildman–Crippen MR) is 70.7 cm³/mol. The van der Waals surface area contributed by atoms with Gasteiger partial charge in [0.15, 0.2) is 5.03 Å². The van der Waals surface area contributed by atoms with Crippen molar-refractivity contribution in [2.75, 3.05) is 7.05 Å². The van der Waals surface area contributed by atoms with Gasteiger partial charge in [-0.1, -0.05) is 20.3 Å². The van der Waals surface area contributed by atoms with Crippen molar-refractivity contribution in [3.05, 3.63) is 11.8 Å². The van der Waals surface area contributed by atoms with Gasteiger partial charge in [-0.2, -0.15) is 5.10 Å². The predicted octanol–water partition coefficient (Wildman–Crippen LogP) is 0.986. The van der Waals surface area contributed by atoms with Crippen molar-refractivity contribution in [1.82, 2.24) is 20.2 Å². The molecule has 3 N–H and O–H groups in total. The van der Waals surface area contributed by atoms with E-state index in [-0.39, 0.29) is 11.1 Å². The average molecular weight is 274 g/mol. The highest BCUT2D eigenvalue weighted by Crippen LogP contribution is 2.13. The molecule has 6 nitrogen and oxygen atoms in total. The van der Waals surface area contributed by atoms with E-state index < -0.39 is 10.0 Å². The average Bonchev–Trinajstić information content (AvgIpc) is 2.78. The first-order valence-corrected chi connectivity index (χ1v) is 7.72. The van der Waals surface area contributed by atoms with Crippen LogP contribution in [-0.4, -0.2) is 31.7 Å². The molecule has 0 spiro atoms. The van der Waals surface area contributed by atoms with Crippen molar-refractivity contribution in [2.24, 2.45) is 0 Å². The van der Waals surface area contributed by atoms with Crippen LogP contribution in [0.2, 0.25) is 0 Å². The van der Waals surface area contributed by atoms with Gasteiger partial charge in [0.25, 0.3) is 10.0 Å². The zero-order valence-corrected chi connectivity index (χ0v) is 12.0. The van der Waals surface area contributed by atoms with E-state index >= 15 is 0 Å². The summed E-state index contributed by atoms with van der Waals surface area (Å²) in [5.74, 6) is 0. The monoisotopic (exact) mass is 274 g/mol. The maximum absolute atomic E-state index is 12.2. The van der Waals surface area contributed by atoms with E-state index in [0.717, 1.165) is 19.3 Å². The Balaban J connectivity index is 2.88. The highest BCUT2D eigenvalue weighted by atomic mass is 32.2. The van der Waals surface area contributed by atoms with Gasteiger partial charge in [-0.25, -0.2) is 13.1 Å². The Morgan fingerprint density at radius 1 is 1.44 bits per heavy atom. The van der Waals surface area contributed by atoms with Crippen LogP contribution < -0.4 is 10.0 Å². The molecule has 0 aliphatic rings. The first-order chi connectivity index (χ1) is 8.55. The normalized spacial score (nSPS) is 13.7. The number of nitrogens with one attached hydrogen (secondary N) is 3. The molecule has 0 saturated heterocycles. The van der Waals surface area contributed by atoms with Crippen LogP contribution in [0.4, 0.5) is 0 Å². The van der Waals surface area contributed by atoms with Crippen molar-refractivity contribution in [3.8, 4) is 0 Å². The summed E-state index contributed by atoms with van der Waals surface area (Å²) in [5, 5.41) is 9.45. The second kappa shape index (κ2) is 6.86. The highest BCUT2D eigenvalue weighted by molar-refractivity contribution is 7.89. The van der Waals surface area contributed by atoms with E-state index in [9.17, 15) is 8.42 Å². The molecule has 1 atom stereocenters. The molecule has 1 unspecified atom stereocenters. The summed E-state index contributed by atoms with van der Waals surface area (Å²) in [6.45, 7) is 4.49. The quantitative estimate of drug-likeness (QED) is 0.659. The molecule has 0 saturated carbocycles. The van der Waals surface area contributed by atoms with E-state index in [1.54, 1.807) is 7.05 Å². The summed E-state index contributed by atoms with van der Waals surface area (Å²) in [5.41, 5.74) is 0.649. The molecule has 1 aromatic rings. The number of H-pyrrole nitrogens is 1. The van der Waals surface area contributed by atoms with Crippen LogP contribution in [0, 0.1) is 0 Å². The molecule has 18 heavy (non-hydrogen) atoms. The first-order valence-electron chi connectivity index (χ1n) is 6.24. The number of nitrogens with zero attached hydrogens (tertiary/aromatic N) is 1. The summed E-state index contributed by atoms with van der Waals surface area (Å²) in [4.78, 5) is 0. The molecular weight excluding hydrogens is 252 g/mol. The van der Waals surface area contributed by atoms with E-state index in [1.807, 2.05) is 13.8 Å². The van der Waals surface area contributed by atoms with Gasteiger partial charge in [0.2, 0.25) is 0 Å².